The van der Waals surface area contributed by atoms with Crippen molar-refractivity contribution < 1.29 is 17.9 Å². The number of nitrogens with one attached hydrogen (secondary N) is 1. The van der Waals surface area contributed by atoms with E-state index in [1.165, 1.54) is 45.9 Å². The van der Waals surface area contributed by atoms with E-state index in [0.29, 0.717) is 18.8 Å². The Hall–Kier alpha value is -2.05. The summed E-state index contributed by atoms with van der Waals surface area (Å²) in [5, 5.41) is 6.44. The standard InChI is InChI=1S/C20H22N4O4S3/c1-13-9-24(10-14(2)28-13)31(26,27)16-5-3-15(4-6-16)23-18(25)11-30-20-17-7-8-29-19(17)21-12-22-20/h3-8,12-14H,9-11H2,1-2H3,(H,23,25). The highest BCUT2D eigenvalue weighted by molar-refractivity contribution is 8.00. The van der Waals surface area contributed by atoms with Gasteiger partial charge in [0, 0.05) is 24.2 Å². The number of benzene rings is 1. The van der Waals surface area contributed by atoms with Gasteiger partial charge in [-0.3, -0.25) is 4.79 Å². The molecular weight excluding hydrogens is 456 g/mol. The third-order valence-electron chi connectivity index (χ3n) is 4.73. The topological polar surface area (TPSA) is 101 Å². The first-order chi connectivity index (χ1) is 14.8. The van der Waals surface area contributed by atoms with Crippen LogP contribution in [0.3, 0.4) is 0 Å². The van der Waals surface area contributed by atoms with Crippen molar-refractivity contribution in [2.45, 2.75) is 36.0 Å². The van der Waals surface area contributed by atoms with Gasteiger partial charge in [0.05, 0.1) is 22.9 Å². The lowest BCUT2D eigenvalue weighted by molar-refractivity contribution is -0.113. The van der Waals surface area contributed by atoms with Crippen LogP contribution >= 0.6 is 23.1 Å². The van der Waals surface area contributed by atoms with Gasteiger partial charge in [-0.15, -0.1) is 11.3 Å². The van der Waals surface area contributed by atoms with E-state index in [2.05, 4.69) is 15.3 Å². The average Bonchev–Trinajstić information content (AvgIpc) is 3.21. The molecule has 0 bridgehead atoms. The number of anilines is 1. The van der Waals surface area contributed by atoms with E-state index in [1.54, 1.807) is 12.1 Å². The van der Waals surface area contributed by atoms with Gasteiger partial charge < -0.3 is 10.1 Å². The number of carbonyl (C=O) groups is 1. The van der Waals surface area contributed by atoms with Crippen molar-refractivity contribution in [1.29, 1.82) is 0 Å². The molecule has 3 aromatic rings. The Bertz CT molecular complexity index is 1170. The second-order valence-electron chi connectivity index (χ2n) is 7.26. The zero-order valence-electron chi connectivity index (χ0n) is 17.0. The highest BCUT2D eigenvalue weighted by Crippen LogP contribution is 2.28. The van der Waals surface area contributed by atoms with E-state index in [0.717, 1.165) is 15.2 Å². The van der Waals surface area contributed by atoms with E-state index in [-0.39, 0.29) is 28.8 Å². The molecule has 1 aliphatic heterocycles. The van der Waals surface area contributed by atoms with Gasteiger partial charge in [-0.1, -0.05) is 11.8 Å². The molecule has 4 rings (SSSR count). The lowest BCUT2D eigenvalue weighted by Crippen LogP contribution is -2.48. The average molecular weight is 479 g/mol. The fraction of sp³-hybridized carbons (Fsp3) is 0.350. The number of thiophene rings is 1. The van der Waals surface area contributed by atoms with Crippen molar-refractivity contribution in [3.63, 3.8) is 0 Å². The number of fused-ring (bicyclic) bond motifs is 1. The number of rotatable bonds is 6. The highest BCUT2D eigenvalue weighted by Gasteiger charge is 2.32. The summed E-state index contributed by atoms with van der Waals surface area (Å²) in [7, 11) is -3.61. The molecule has 11 heteroatoms. The molecular formula is C20H22N4O4S3. The summed E-state index contributed by atoms with van der Waals surface area (Å²) in [6.45, 7) is 4.37. The van der Waals surface area contributed by atoms with Gasteiger partial charge in [0.1, 0.15) is 16.2 Å². The number of sulfonamides is 1. The number of amides is 1. The molecule has 0 spiro atoms. The van der Waals surface area contributed by atoms with Crippen LogP contribution in [-0.4, -0.2) is 59.6 Å². The molecule has 0 radical (unpaired) electrons. The van der Waals surface area contributed by atoms with Crippen molar-refractivity contribution in [3.05, 3.63) is 42.0 Å². The van der Waals surface area contributed by atoms with E-state index in [9.17, 15) is 13.2 Å². The Kier molecular flexibility index (Phi) is 6.58. The molecule has 0 aliphatic carbocycles. The number of carbonyl (C=O) groups excluding carboxylic acids is 1. The Balaban J connectivity index is 1.38. The van der Waals surface area contributed by atoms with E-state index in [1.807, 2.05) is 25.3 Å². The smallest absolute Gasteiger partial charge is 0.243 e. The summed E-state index contributed by atoms with van der Waals surface area (Å²) in [6.07, 6.45) is 1.19. The monoisotopic (exact) mass is 478 g/mol. The minimum atomic E-state index is -3.61. The van der Waals surface area contributed by atoms with Crippen molar-refractivity contribution in [1.82, 2.24) is 14.3 Å². The lowest BCUT2D eigenvalue weighted by atomic mass is 10.3. The van der Waals surface area contributed by atoms with Crippen molar-refractivity contribution in [2.75, 3.05) is 24.2 Å². The fourth-order valence-corrected chi connectivity index (χ4v) is 6.57. The fourth-order valence-electron chi connectivity index (χ4n) is 3.40. The second-order valence-corrected chi connectivity index (χ2v) is 11.1. The zero-order valence-corrected chi connectivity index (χ0v) is 19.5. The van der Waals surface area contributed by atoms with Gasteiger partial charge >= 0.3 is 0 Å². The van der Waals surface area contributed by atoms with Crippen molar-refractivity contribution >= 4 is 54.9 Å². The van der Waals surface area contributed by atoms with Gasteiger partial charge in [0.15, 0.2) is 0 Å². The molecule has 1 saturated heterocycles. The van der Waals surface area contributed by atoms with E-state index >= 15 is 0 Å². The molecule has 1 N–H and O–H groups in total. The molecule has 31 heavy (non-hydrogen) atoms. The summed E-state index contributed by atoms with van der Waals surface area (Å²) in [5.41, 5.74) is 0.539. The molecule has 1 aliphatic rings. The molecule has 1 aromatic carbocycles. The Morgan fingerprint density at radius 3 is 2.61 bits per heavy atom. The minimum Gasteiger partial charge on any atom is -0.373 e. The maximum absolute atomic E-state index is 12.9. The summed E-state index contributed by atoms with van der Waals surface area (Å²) < 4.78 is 32.9. The van der Waals surface area contributed by atoms with E-state index in [4.69, 9.17) is 4.74 Å². The van der Waals surface area contributed by atoms with Gasteiger partial charge in [-0.05, 0) is 49.6 Å². The van der Waals surface area contributed by atoms with Crippen LogP contribution in [0.2, 0.25) is 0 Å². The molecule has 1 amide bonds. The number of nitrogens with zero attached hydrogens (tertiary/aromatic N) is 3. The second kappa shape index (κ2) is 9.21. The Morgan fingerprint density at radius 2 is 1.90 bits per heavy atom. The highest BCUT2D eigenvalue weighted by atomic mass is 32.2. The van der Waals surface area contributed by atoms with Gasteiger partial charge in [-0.2, -0.15) is 4.31 Å². The normalized spacial score (nSPS) is 20.1. The van der Waals surface area contributed by atoms with Crippen molar-refractivity contribution in [3.8, 4) is 0 Å². The van der Waals surface area contributed by atoms with Crippen LogP contribution in [0.4, 0.5) is 5.69 Å². The van der Waals surface area contributed by atoms with Crippen LogP contribution < -0.4 is 5.32 Å². The van der Waals surface area contributed by atoms with Crippen LogP contribution in [0.1, 0.15) is 13.8 Å². The van der Waals surface area contributed by atoms with Crippen LogP contribution in [-0.2, 0) is 19.6 Å². The molecule has 2 aromatic heterocycles. The predicted octanol–water partition coefficient (Wildman–Crippen LogP) is 3.22. The quantitative estimate of drug-likeness (QED) is 0.429. The molecule has 2 atom stereocenters. The van der Waals surface area contributed by atoms with Crippen LogP contribution in [0.5, 0.6) is 0 Å². The summed E-state index contributed by atoms with van der Waals surface area (Å²) in [4.78, 5) is 21.9. The molecule has 0 saturated carbocycles. The third kappa shape index (κ3) is 5.07. The predicted molar refractivity (Wildman–Crippen MR) is 122 cm³/mol. The Morgan fingerprint density at radius 1 is 1.19 bits per heavy atom. The Labute approximate surface area is 189 Å². The first kappa shape index (κ1) is 22.2. The first-order valence-corrected chi connectivity index (χ1v) is 13.0. The van der Waals surface area contributed by atoms with Gasteiger partial charge in [-0.25, -0.2) is 18.4 Å². The first-order valence-electron chi connectivity index (χ1n) is 9.69. The summed E-state index contributed by atoms with van der Waals surface area (Å²) in [6, 6.07) is 8.18. The molecule has 164 valence electrons. The van der Waals surface area contributed by atoms with Crippen molar-refractivity contribution in [2.24, 2.45) is 0 Å². The molecule has 1 fully saturated rings. The number of ether oxygens (including phenoxy) is 1. The third-order valence-corrected chi connectivity index (χ3v) is 8.40. The number of thioether (sulfide) groups is 1. The van der Waals surface area contributed by atoms with Crippen LogP contribution in [0, 0.1) is 0 Å². The van der Waals surface area contributed by atoms with Crippen LogP contribution in [0.25, 0.3) is 10.2 Å². The van der Waals surface area contributed by atoms with Gasteiger partial charge in [0.25, 0.3) is 0 Å². The number of aromatic nitrogens is 2. The zero-order chi connectivity index (χ0) is 22.0. The minimum absolute atomic E-state index is 0.153. The van der Waals surface area contributed by atoms with Gasteiger partial charge in [0.2, 0.25) is 15.9 Å². The van der Waals surface area contributed by atoms with E-state index < -0.39 is 10.0 Å². The summed E-state index contributed by atoms with van der Waals surface area (Å²) >= 11 is 2.87. The SMILES string of the molecule is CC1CN(S(=O)(=O)c2ccc(NC(=O)CSc3ncnc4sccc34)cc2)CC(C)O1. The molecule has 8 nitrogen and oxygen atoms in total. The number of hydrogen-bond donors (Lipinski definition) is 1. The largest absolute Gasteiger partial charge is 0.373 e. The van der Waals surface area contributed by atoms with Crippen LogP contribution in [0.15, 0.2) is 52.0 Å². The maximum Gasteiger partial charge on any atom is 0.243 e. The molecule has 3 heterocycles. The summed E-state index contributed by atoms with van der Waals surface area (Å²) in [5.74, 6) is -0.00982. The number of morpholine rings is 1. The molecule has 2 unspecified atom stereocenters. The number of hydrogen-bond acceptors (Lipinski definition) is 8. The maximum atomic E-state index is 12.9. The lowest BCUT2D eigenvalue weighted by Gasteiger charge is -2.34.